The molecule has 2 radical (unpaired) electrons. The molecule has 0 N–H and O–H groups in total. The second kappa shape index (κ2) is 6.07. The van der Waals surface area contributed by atoms with E-state index in [2.05, 4.69) is 69.9 Å². The first-order valence-corrected chi connectivity index (χ1v) is 8.18. The molecule has 0 aromatic heterocycles. The smallest absolute Gasteiger partial charge is 0.108 e. The molecule has 0 bridgehead atoms. The van der Waals surface area contributed by atoms with Crippen molar-refractivity contribution in [2.24, 2.45) is 0 Å². The van der Waals surface area contributed by atoms with Gasteiger partial charge in [0.1, 0.15) is 0 Å². The summed E-state index contributed by atoms with van der Waals surface area (Å²) in [6.07, 6.45) is 1.11. The summed E-state index contributed by atoms with van der Waals surface area (Å²) in [4.78, 5) is 0. The normalized spacial score (nSPS) is 27.2. The van der Waals surface area contributed by atoms with Gasteiger partial charge in [-0.25, -0.2) is 0 Å². The first kappa shape index (κ1) is 16.5. The molecule has 0 saturated carbocycles. The van der Waals surface area contributed by atoms with Crippen LogP contribution in [0.15, 0.2) is 44.4 Å². The molecule has 0 amide bonds. The van der Waals surface area contributed by atoms with Gasteiger partial charge in [0, 0.05) is 0 Å². The Hall–Kier alpha value is -0.910. The Labute approximate surface area is 133 Å². The van der Waals surface area contributed by atoms with Crippen molar-refractivity contribution >= 4 is 14.6 Å². The predicted octanol–water partition coefficient (Wildman–Crippen LogP) is 5.65. The quantitative estimate of drug-likeness (QED) is 0.572. The van der Waals surface area contributed by atoms with Crippen LogP contribution in [0.2, 0.25) is 11.6 Å². The Balaban J connectivity index is 2.43. The topological polar surface area (TPSA) is 0 Å². The van der Waals surface area contributed by atoms with E-state index in [0.29, 0.717) is 11.6 Å². The summed E-state index contributed by atoms with van der Waals surface area (Å²) in [5.41, 5.74) is 12.1. The minimum atomic E-state index is 0.559. The van der Waals surface area contributed by atoms with Crippen LogP contribution in [0.5, 0.6) is 0 Å². The minimum absolute atomic E-state index is 0.559. The van der Waals surface area contributed by atoms with Crippen molar-refractivity contribution in [1.29, 1.82) is 0 Å². The molecule has 2 aliphatic heterocycles. The second-order valence-corrected chi connectivity index (χ2v) is 7.02. The molecule has 2 rings (SSSR count). The van der Waals surface area contributed by atoms with Gasteiger partial charge in [-0.1, -0.05) is 50.0 Å². The molecule has 110 valence electrons. The van der Waals surface area contributed by atoms with Gasteiger partial charge >= 0.3 is 0 Å². The van der Waals surface area contributed by atoms with E-state index in [9.17, 15) is 0 Å². The van der Waals surface area contributed by atoms with Crippen molar-refractivity contribution in [1.82, 2.24) is 0 Å². The van der Waals surface area contributed by atoms with Crippen LogP contribution < -0.4 is 0 Å². The average Bonchev–Trinajstić information content (AvgIpc) is 2.42. The standard InChI is InChI=1S/C19H28B2/c1-10-11(2)19(17(8)21-14(10)5)9-18-12(3)15(6)20-16(7)13(18)4/h15,17H,9H2,1-8H3. The van der Waals surface area contributed by atoms with Gasteiger partial charge < -0.3 is 0 Å². The summed E-state index contributed by atoms with van der Waals surface area (Å²) >= 11 is 0. The number of hydrogen-bond donors (Lipinski definition) is 0. The van der Waals surface area contributed by atoms with E-state index < -0.39 is 0 Å². The van der Waals surface area contributed by atoms with E-state index in [1.54, 1.807) is 16.7 Å². The van der Waals surface area contributed by atoms with Crippen LogP contribution in [-0.2, 0) is 0 Å². The van der Waals surface area contributed by atoms with Crippen LogP contribution in [0.25, 0.3) is 0 Å². The first-order chi connectivity index (χ1) is 9.73. The lowest BCUT2D eigenvalue weighted by molar-refractivity contribution is 0.902. The highest BCUT2D eigenvalue weighted by atomic mass is 14.2. The molecule has 2 heterocycles. The van der Waals surface area contributed by atoms with Gasteiger partial charge in [-0.3, -0.25) is 0 Å². The highest BCUT2D eigenvalue weighted by Gasteiger charge is 2.26. The molecule has 2 aliphatic rings. The van der Waals surface area contributed by atoms with Crippen molar-refractivity contribution in [3.8, 4) is 0 Å². The largest absolute Gasteiger partial charge is 0.154 e. The maximum absolute atomic E-state index is 2.43. The van der Waals surface area contributed by atoms with Gasteiger partial charge in [0.05, 0.1) is 0 Å². The third-order valence-corrected chi connectivity index (χ3v) is 5.76. The zero-order chi connectivity index (χ0) is 15.9. The van der Waals surface area contributed by atoms with Gasteiger partial charge in [-0.2, -0.15) is 0 Å². The third kappa shape index (κ3) is 3.00. The lowest BCUT2D eigenvalue weighted by Crippen LogP contribution is -2.18. The van der Waals surface area contributed by atoms with Gasteiger partial charge in [0.25, 0.3) is 0 Å². The summed E-state index contributed by atoms with van der Waals surface area (Å²) in [5.74, 6) is 1.13. The molecule has 0 aromatic rings. The molecular formula is C19H28B2. The lowest BCUT2D eigenvalue weighted by Gasteiger charge is -2.31. The Morgan fingerprint density at radius 3 is 1.86 bits per heavy atom. The first-order valence-electron chi connectivity index (χ1n) is 8.18. The molecule has 0 aliphatic carbocycles. The van der Waals surface area contributed by atoms with Crippen LogP contribution >= 0.6 is 0 Å². The molecule has 0 spiro atoms. The van der Waals surface area contributed by atoms with E-state index >= 15 is 0 Å². The van der Waals surface area contributed by atoms with Crippen molar-refractivity contribution in [3.63, 3.8) is 0 Å². The Bertz CT molecular complexity index is 585. The van der Waals surface area contributed by atoms with Gasteiger partial charge in [0.15, 0.2) is 14.6 Å². The highest BCUT2D eigenvalue weighted by Crippen LogP contribution is 2.41. The highest BCUT2D eigenvalue weighted by molar-refractivity contribution is 6.49. The third-order valence-electron chi connectivity index (χ3n) is 5.76. The van der Waals surface area contributed by atoms with E-state index in [0.717, 1.165) is 6.42 Å². The summed E-state index contributed by atoms with van der Waals surface area (Å²) < 4.78 is 0. The van der Waals surface area contributed by atoms with Gasteiger partial charge in [-0.15, -0.1) is 10.9 Å². The molecule has 0 fully saturated rings. The predicted molar refractivity (Wildman–Crippen MR) is 97.1 cm³/mol. The maximum Gasteiger partial charge on any atom is 0.154 e. The van der Waals surface area contributed by atoms with Gasteiger partial charge in [0.2, 0.25) is 0 Å². The van der Waals surface area contributed by atoms with Crippen LogP contribution in [0, 0.1) is 0 Å². The van der Waals surface area contributed by atoms with Crippen molar-refractivity contribution in [2.75, 3.05) is 0 Å². The van der Waals surface area contributed by atoms with Crippen LogP contribution in [0.4, 0.5) is 0 Å². The van der Waals surface area contributed by atoms with Crippen molar-refractivity contribution < 1.29 is 0 Å². The molecule has 0 saturated heterocycles. The van der Waals surface area contributed by atoms with Crippen molar-refractivity contribution in [2.45, 2.75) is 73.4 Å². The Morgan fingerprint density at radius 2 is 1.24 bits per heavy atom. The van der Waals surface area contributed by atoms with E-state index in [-0.39, 0.29) is 0 Å². The fraction of sp³-hybridized carbons (Fsp3) is 0.579. The fourth-order valence-electron chi connectivity index (χ4n) is 3.67. The molecule has 2 atom stereocenters. The van der Waals surface area contributed by atoms with Crippen molar-refractivity contribution in [3.05, 3.63) is 44.4 Å². The summed E-state index contributed by atoms with van der Waals surface area (Å²) in [5, 5.41) is 0. The number of hydrogen-bond acceptors (Lipinski definition) is 0. The molecule has 21 heavy (non-hydrogen) atoms. The molecule has 0 nitrogen and oxygen atoms in total. The zero-order valence-electron chi connectivity index (χ0n) is 15.0. The summed E-state index contributed by atoms with van der Waals surface area (Å²) in [6, 6.07) is 0. The molecular weight excluding hydrogens is 250 g/mol. The lowest BCUT2D eigenvalue weighted by atomic mass is 9.49. The minimum Gasteiger partial charge on any atom is -0.108 e. The fourth-order valence-corrected chi connectivity index (χ4v) is 3.67. The molecule has 2 heteroatoms. The SMILES string of the molecule is CC1=C(C)C(C)=C(CC2=C(C)C(C)[B]C(C)=C2C)C(C)[B]1. The van der Waals surface area contributed by atoms with E-state index in [1.165, 1.54) is 27.7 Å². The summed E-state index contributed by atoms with van der Waals surface area (Å²) in [6.45, 7) is 18.3. The van der Waals surface area contributed by atoms with Crippen LogP contribution in [0.3, 0.4) is 0 Å². The molecule has 0 aromatic carbocycles. The summed E-state index contributed by atoms with van der Waals surface area (Å²) in [7, 11) is 4.83. The zero-order valence-corrected chi connectivity index (χ0v) is 15.0. The monoisotopic (exact) mass is 278 g/mol. The Kier molecular flexibility index (Phi) is 4.76. The number of rotatable bonds is 2. The maximum atomic E-state index is 2.43. The molecule has 2 unspecified atom stereocenters. The van der Waals surface area contributed by atoms with Gasteiger partial charge in [-0.05, 0) is 56.9 Å². The van der Waals surface area contributed by atoms with E-state index in [4.69, 9.17) is 0 Å². The van der Waals surface area contributed by atoms with Crippen LogP contribution in [0.1, 0.15) is 61.8 Å². The average molecular weight is 278 g/mol. The number of allylic oxidation sites excluding steroid dienone is 8. The van der Waals surface area contributed by atoms with E-state index in [1.807, 2.05) is 0 Å². The second-order valence-electron chi connectivity index (χ2n) is 7.02. The Morgan fingerprint density at radius 1 is 0.714 bits per heavy atom. The van der Waals surface area contributed by atoms with Crippen LogP contribution in [-0.4, -0.2) is 14.6 Å².